The van der Waals surface area contributed by atoms with Crippen molar-refractivity contribution in [3.63, 3.8) is 0 Å². The molecule has 0 atom stereocenters. The number of amides is 1. The number of para-hydroxylation sites is 1. The van der Waals surface area contributed by atoms with Gasteiger partial charge in [-0.3, -0.25) is 4.79 Å². The van der Waals surface area contributed by atoms with Gasteiger partial charge in [0, 0.05) is 10.1 Å². The largest absolute Gasteiger partial charge is 0.482 e. The molecule has 4 aromatic rings. The Morgan fingerprint density at radius 3 is 2.61 bits per heavy atom. The molecule has 0 saturated heterocycles. The van der Waals surface area contributed by atoms with E-state index in [9.17, 15) is 9.59 Å². The topological polar surface area (TPSA) is 77.0 Å². The van der Waals surface area contributed by atoms with Crippen LogP contribution in [0.2, 0.25) is 10.0 Å². The van der Waals surface area contributed by atoms with Crippen molar-refractivity contribution in [1.29, 1.82) is 0 Å². The molecule has 0 unspecified atom stereocenters. The Morgan fingerprint density at radius 2 is 1.79 bits per heavy atom. The van der Waals surface area contributed by atoms with Crippen molar-refractivity contribution in [1.82, 2.24) is 5.43 Å². The minimum absolute atomic E-state index is 0.241. The fraction of sp³-hybridized carbons (Fsp3) is 0.0417. The lowest BCUT2D eigenvalue weighted by atomic mass is 10.2. The zero-order valence-electron chi connectivity index (χ0n) is 17.0. The number of fused-ring (bicyclic) bond motifs is 1. The number of carbonyl (C=O) groups is 2. The van der Waals surface area contributed by atoms with Crippen LogP contribution in [0.15, 0.2) is 77.9 Å². The van der Waals surface area contributed by atoms with Gasteiger partial charge in [0.2, 0.25) is 0 Å². The summed E-state index contributed by atoms with van der Waals surface area (Å²) in [6.07, 6.45) is 1.43. The summed E-state index contributed by atoms with van der Waals surface area (Å²) < 4.78 is 11.7. The Hall–Kier alpha value is -3.39. The third-order valence-electron chi connectivity index (χ3n) is 4.39. The van der Waals surface area contributed by atoms with E-state index >= 15 is 0 Å². The molecule has 1 amide bonds. The second-order valence-corrected chi connectivity index (χ2v) is 8.55. The highest BCUT2D eigenvalue weighted by molar-refractivity contribution is 7.21. The number of halogens is 2. The summed E-state index contributed by atoms with van der Waals surface area (Å²) in [4.78, 5) is 24.9. The SMILES string of the molecule is O=C(COc1ccccc1Cl)NN=Cc1cccc(OC(=O)c2sc3ccccc3c2Cl)c1. The summed E-state index contributed by atoms with van der Waals surface area (Å²) in [5.41, 5.74) is 2.99. The maximum atomic E-state index is 12.6. The molecule has 1 N–H and O–H groups in total. The number of nitrogens with one attached hydrogen (secondary N) is 1. The standard InChI is InChI=1S/C24H16Cl2N2O4S/c25-18-9-2-3-10-19(18)31-14-21(29)28-27-13-15-6-5-7-16(12-15)32-24(30)23-22(26)17-8-1-4-11-20(17)33-23/h1-13H,14H2,(H,28,29). The Balaban J connectivity index is 1.35. The molecule has 0 aliphatic rings. The highest BCUT2D eigenvalue weighted by atomic mass is 35.5. The van der Waals surface area contributed by atoms with Crippen LogP contribution in [0.3, 0.4) is 0 Å². The fourth-order valence-electron chi connectivity index (χ4n) is 2.87. The molecule has 0 saturated carbocycles. The van der Waals surface area contributed by atoms with Crippen LogP contribution in [0.5, 0.6) is 11.5 Å². The van der Waals surface area contributed by atoms with Crippen LogP contribution in [0.1, 0.15) is 15.2 Å². The van der Waals surface area contributed by atoms with Gasteiger partial charge in [0.1, 0.15) is 16.4 Å². The van der Waals surface area contributed by atoms with Crippen molar-refractivity contribution in [3.05, 3.63) is 93.3 Å². The highest BCUT2D eigenvalue weighted by Crippen LogP contribution is 2.35. The van der Waals surface area contributed by atoms with Gasteiger partial charge in [-0.2, -0.15) is 5.10 Å². The fourth-order valence-corrected chi connectivity index (χ4v) is 4.45. The van der Waals surface area contributed by atoms with Crippen molar-refractivity contribution in [2.45, 2.75) is 0 Å². The van der Waals surface area contributed by atoms with Crippen LogP contribution in [0, 0.1) is 0 Å². The Labute approximate surface area is 203 Å². The van der Waals surface area contributed by atoms with Crippen molar-refractivity contribution in [3.8, 4) is 11.5 Å². The van der Waals surface area contributed by atoms with Gasteiger partial charge in [-0.25, -0.2) is 10.2 Å². The Morgan fingerprint density at radius 1 is 1.00 bits per heavy atom. The van der Waals surface area contributed by atoms with Crippen LogP contribution in [-0.2, 0) is 4.79 Å². The average molecular weight is 499 g/mol. The molecule has 0 spiro atoms. The third kappa shape index (κ3) is 5.70. The number of carbonyl (C=O) groups excluding carboxylic acids is 2. The molecule has 0 radical (unpaired) electrons. The van der Waals surface area contributed by atoms with Gasteiger partial charge >= 0.3 is 5.97 Å². The number of nitrogens with zero attached hydrogens (tertiary/aromatic N) is 1. The van der Waals surface area contributed by atoms with Gasteiger partial charge < -0.3 is 9.47 Å². The maximum absolute atomic E-state index is 12.6. The summed E-state index contributed by atoms with van der Waals surface area (Å²) in [6, 6.07) is 21.1. The number of benzene rings is 3. The molecule has 6 nitrogen and oxygen atoms in total. The second-order valence-electron chi connectivity index (χ2n) is 6.72. The van der Waals surface area contributed by atoms with E-state index in [0.717, 1.165) is 10.1 Å². The predicted octanol–water partition coefficient (Wildman–Crippen LogP) is 5.96. The van der Waals surface area contributed by atoms with E-state index in [1.54, 1.807) is 48.5 Å². The van der Waals surface area contributed by atoms with Gasteiger partial charge in [0.25, 0.3) is 5.91 Å². The number of ether oxygens (including phenoxy) is 2. The molecule has 9 heteroatoms. The minimum Gasteiger partial charge on any atom is -0.482 e. The lowest BCUT2D eigenvalue weighted by Crippen LogP contribution is -2.24. The first-order chi connectivity index (χ1) is 16.0. The summed E-state index contributed by atoms with van der Waals surface area (Å²) in [7, 11) is 0. The van der Waals surface area contributed by atoms with E-state index in [1.807, 2.05) is 24.3 Å². The monoisotopic (exact) mass is 498 g/mol. The molecule has 166 valence electrons. The van der Waals surface area contributed by atoms with Crippen LogP contribution in [-0.4, -0.2) is 24.7 Å². The van der Waals surface area contributed by atoms with E-state index in [2.05, 4.69) is 10.5 Å². The number of hydrogen-bond acceptors (Lipinski definition) is 6. The smallest absolute Gasteiger partial charge is 0.355 e. The van der Waals surface area contributed by atoms with Crippen LogP contribution in [0.4, 0.5) is 0 Å². The zero-order chi connectivity index (χ0) is 23.2. The summed E-state index contributed by atoms with van der Waals surface area (Å²) in [5.74, 6) is -0.258. The number of thiophene rings is 1. The Bertz CT molecular complexity index is 1350. The number of hydrazone groups is 1. The predicted molar refractivity (Wildman–Crippen MR) is 131 cm³/mol. The van der Waals surface area contributed by atoms with Crippen molar-refractivity contribution in [2.24, 2.45) is 5.10 Å². The molecule has 3 aromatic carbocycles. The molecule has 33 heavy (non-hydrogen) atoms. The van der Waals surface area contributed by atoms with E-state index in [0.29, 0.717) is 32.0 Å². The van der Waals surface area contributed by atoms with Gasteiger partial charge in [-0.1, -0.05) is 65.7 Å². The van der Waals surface area contributed by atoms with E-state index in [1.165, 1.54) is 17.6 Å². The van der Waals surface area contributed by atoms with E-state index < -0.39 is 11.9 Å². The average Bonchev–Trinajstić information content (AvgIpc) is 3.16. The van der Waals surface area contributed by atoms with Crippen molar-refractivity contribution in [2.75, 3.05) is 6.61 Å². The maximum Gasteiger partial charge on any atom is 0.355 e. The quantitative estimate of drug-likeness (QED) is 0.147. The van der Waals surface area contributed by atoms with Gasteiger partial charge in [-0.15, -0.1) is 11.3 Å². The summed E-state index contributed by atoms with van der Waals surface area (Å²) in [6.45, 7) is -0.241. The molecular formula is C24H16Cl2N2O4S. The van der Waals surface area contributed by atoms with Gasteiger partial charge in [-0.05, 0) is 35.9 Å². The third-order valence-corrected chi connectivity index (χ3v) is 6.35. The van der Waals surface area contributed by atoms with Crippen LogP contribution >= 0.6 is 34.5 Å². The van der Waals surface area contributed by atoms with Crippen molar-refractivity contribution < 1.29 is 19.1 Å². The molecule has 1 aromatic heterocycles. The van der Waals surface area contributed by atoms with Gasteiger partial charge in [0.05, 0.1) is 16.3 Å². The lowest BCUT2D eigenvalue weighted by Gasteiger charge is -2.06. The van der Waals surface area contributed by atoms with Crippen molar-refractivity contribution >= 4 is 62.7 Å². The molecule has 1 heterocycles. The lowest BCUT2D eigenvalue weighted by molar-refractivity contribution is -0.123. The highest BCUT2D eigenvalue weighted by Gasteiger charge is 2.19. The molecule has 0 aliphatic carbocycles. The zero-order valence-corrected chi connectivity index (χ0v) is 19.3. The first-order valence-electron chi connectivity index (χ1n) is 9.70. The van der Waals surface area contributed by atoms with Gasteiger partial charge in [0.15, 0.2) is 6.61 Å². The molecule has 0 fully saturated rings. The number of rotatable bonds is 7. The normalized spacial score (nSPS) is 11.0. The van der Waals surface area contributed by atoms with Crippen LogP contribution < -0.4 is 14.9 Å². The second kappa shape index (κ2) is 10.5. The number of hydrogen-bond donors (Lipinski definition) is 1. The van der Waals surface area contributed by atoms with E-state index in [-0.39, 0.29) is 6.61 Å². The number of esters is 1. The molecule has 0 aliphatic heterocycles. The first kappa shape index (κ1) is 22.8. The molecule has 4 rings (SSSR count). The summed E-state index contributed by atoms with van der Waals surface area (Å²) >= 11 is 13.6. The molecular weight excluding hydrogens is 483 g/mol. The Kier molecular flexibility index (Phi) is 7.24. The first-order valence-corrected chi connectivity index (χ1v) is 11.3. The minimum atomic E-state index is -0.541. The summed E-state index contributed by atoms with van der Waals surface area (Å²) in [5, 5.41) is 5.50. The van der Waals surface area contributed by atoms with E-state index in [4.69, 9.17) is 32.7 Å². The molecule has 0 bridgehead atoms. The van der Waals surface area contributed by atoms with Crippen LogP contribution in [0.25, 0.3) is 10.1 Å².